The van der Waals surface area contributed by atoms with Crippen LogP contribution in [-0.4, -0.2) is 10.9 Å². The highest BCUT2D eigenvalue weighted by atomic mass is 32.1. The fraction of sp³-hybridized carbons (Fsp3) is 0.500. The molecule has 1 amide bonds. The number of nitrogens with one attached hydrogen (secondary N) is 1. The van der Waals surface area contributed by atoms with Crippen LogP contribution in [0.25, 0.3) is 0 Å². The normalized spacial score (nSPS) is 15.5. The number of aryl methyl sites for hydroxylation is 2. The Hall–Kier alpha value is -1.41. The second-order valence-electron chi connectivity index (χ2n) is 3.58. The van der Waals surface area contributed by atoms with Crippen molar-refractivity contribution in [2.24, 2.45) is 5.92 Å². The van der Waals surface area contributed by atoms with Crippen LogP contribution in [0.1, 0.15) is 23.9 Å². The third-order valence-electron chi connectivity index (χ3n) is 2.41. The summed E-state index contributed by atoms with van der Waals surface area (Å²) in [5.41, 5.74) is 1.11. The number of thiazole rings is 1. The molecule has 1 atom stereocenters. The summed E-state index contributed by atoms with van der Waals surface area (Å²) >= 11 is 1.53. The lowest BCUT2D eigenvalue weighted by Crippen LogP contribution is -2.18. The number of nitriles is 1. The van der Waals surface area contributed by atoms with Gasteiger partial charge in [0.05, 0.1) is 11.8 Å². The van der Waals surface area contributed by atoms with Gasteiger partial charge in [-0.25, -0.2) is 4.98 Å². The molecule has 1 N–H and O–H groups in total. The highest BCUT2D eigenvalue weighted by molar-refractivity contribution is 7.15. The number of nitrogens with zero attached hydrogens (tertiary/aromatic N) is 2. The first-order valence-corrected chi connectivity index (χ1v) is 5.71. The maximum Gasteiger partial charge on any atom is 0.243 e. The minimum absolute atomic E-state index is 0.273. The van der Waals surface area contributed by atoms with Crippen LogP contribution in [0, 0.1) is 17.2 Å². The standard InChI is InChI=1S/C10H11N3OS/c1-6(5-11)9(14)13-10-12-7-3-2-4-8(7)15-10/h6H,2-4H2,1H3,(H,12,13,14). The molecule has 0 fully saturated rings. The van der Waals surface area contributed by atoms with Crippen LogP contribution in [0.15, 0.2) is 0 Å². The minimum Gasteiger partial charge on any atom is -0.301 e. The van der Waals surface area contributed by atoms with E-state index in [9.17, 15) is 4.79 Å². The van der Waals surface area contributed by atoms with E-state index in [-0.39, 0.29) is 5.91 Å². The molecular weight excluding hydrogens is 210 g/mol. The van der Waals surface area contributed by atoms with Crippen LogP contribution >= 0.6 is 11.3 Å². The van der Waals surface area contributed by atoms with Crippen molar-refractivity contribution in [1.82, 2.24) is 4.98 Å². The van der Waals surface area contributed by atoms with Crippen molar-refractivity contribution in [3.05, 3.63) is 10.6 Å². The number of hydrogen-bond donors (Lipinski definition) is 1. The van der Waals surface area contributed by atoms with Gasteiger partial charge < -0.3 is 5.32 Å². The topological polar surface area (TPSA) is 65.8 Å². The molecule has 0 bridgehead atoms. The van der Waals surface area contributed by atoms with Gasteiger partial charge in [-0.1, -0.05) is 0 Å². The summed E-state index contributed by atoms with van der Waals surface area (Å²) in [6.07, 6.45) is 3.24. The first-order chi connectivity index (χ1) is 7.20. The van der Waals surface area contributed by atoms with Crippen LogP contribution < -0.4 is 5.32 Å². The van der Waals surface area contributed by atoms with Crippen molar-refractivity contribution in [1.29, 1.82) is 5.26 Å². The van der Waals surface area contributed by atoms with Gasteiger partial charge in [0, 0.05) is 4.88 Å². The number of rotatable bonds is 2. The zero-order valence-electron chi connectivity index (χ0n) is 8.41. The lowest BCUT2D eigenvalue weighted by molar-refractivity contribution is -0.117. The molecular formula is C10H11N3OS. The molecule has 1 aromatic rings. The lowest BCUT2D eigenvalue weighted by Gasteiger charge is -2.01. The van der Waals surface area contributed by atoms with Crippen molar-refractivity contribution in [3.8, 4) is 6.07 Å². The summed E-state index contributed by atoms with van der Waals surface area (Å²) in [5.74, 6) is -0.895. The summed E-state index contributed by atoms with van der Waals surface area (Å²) in [6, 6.07) is 1.90. The number of aromatic nitrogens is 1. The molecule has 0 radical (unpaired) electrons. The van der Waals surface area contributed by atoms with Gasteiger partial charge in [-0.15, -0.1) is 11.3 Å². The second kappa shape index (κ2) is 3.99. The van der Waals surface area contributed by atoms with E-state index in [0.29, 0.717) is 5.13 Å². The molecule has 5 heteroatoms. The van der Waals surface area contributed by atoms with Gasteiger partial charge in [-0.2, -0.15) is 5.26 Å². The molecule has 15 heavy (non-hydrogen) atoms. The zero-order chi connectivity index (χ0) is 10.8. The van der Waals surface area contributed by atoms with Gasteiger partial charge in [0.15, 0.2) is 5.13 Å². The predicted molar refractivity (Wildman–Crippen MR) is 57.5 cm³/mol. The average Bonchev–Trinajstić information content (AvgIpc) is 2.76. The van der Waals surface area contributed by atoms with E-state index in [1.165, 1.54) is 16.2 Å². The van der Waals surface area contributed by atoms with Gasteiger partial charge in [-0.3, -0.25) is 4.79 Å². The number of hydrogen-bond acceptors (Lipinski definition) is 4. The van der Waals surface area contributed by atoms with Crippen LogP contribution in [-0.2, 0) is 17.6 Å². The monoisotopic (exact) mass is 221 g/mol. The summed E-state index contributed by atoms with van der Waals surface area (Å²) in [5, 5.41) is 11.9. The maximum atomic E-state index is 11.4. The average molecular weight is 221 g/mol. The van der Waals surface area contributed by atoms with E-state index >= 15 is 0 Å². The molecule has 0 aliphatic heterocycles. The van der Waals surface area contributed by atoms with E-state index in [0.717, 1.165) is 25.0 Å². The Morgan fingerprint density at radius 3 is 3.13 bits per heavy atom. The van der Waals surface area contributed by atoms with Gasteiger partial charge in [0.1, 0.15) is 5.92 Å². The van der Waals surface area contributed by atoms with E-state index in [4.69, 9.17) is 5.26 Å². The van der Waals surface area contributed by atoms with Gasteiger partial charge in [-0.05, 0) is 26.2 Å². The summed E-state index contributed by atoms with van der Waals surface area (Å²) in [6.45, 7) is 1.58. The first kappa shape index (κ1) is 10.1. The molecule has 1 unspecified atom stereocenters. The number of fused-ring (bicyclic) bond motifs is 1. The number of carbonyl (C=O) groups is 1. The highest BCUT2D eigenvalue weighted by Gasteiger charge is 2.19. The van der Waals surface area contributed by atoms with Crippen molar-refractivity contribution in [3.63, 3.8) is 0 Å². The van der Waals surface area contributed by atoms with Gasteiger partial charge >= 0.3 is 0 Å². The Bertz CT molecular complexity index is 411. The molecule has 0 aromatic carbocycles. The molecule has 1 aliphatic rings. The molecule has 1 heterocycles. The smallest absolute Gasteiger partial charge is 0.243 e. The van der Waals surface area contributed by atoms with Crippen molar-refractivity contribution in [2.75, 3.05) is 5.32 Å². The van der Waals surface area contributed by atoms with Crippen LogP contribution in [0.4, 0.5) is 5.13 Å². The Balaban J connectivity index is 2.06. The predicted octanol–water partition coefficient (Wildman–Crippen LogP) is 1.73. The third kappa shape index (κ3) is 2.00. The van der Waals surface area contributed by atoms with Crippen molar-refractivity contribution < 1.29 is 4.79 Å². The fourth-order valence-corrected chi connectivity index (χ4v) is 2.57. The molecule has 2 rings (SSSR count). The van der Waals surface area contributed by atoms with Gasteiger partial charge in [0.25, 0.3) is 0 Å². The Labute approximate surface area is 91.9 Å². The molecule has 0 saturated carbocycles. The lowest BCUT2D eigenvalue weighted by atomic mass is 10.2. The molecule has 4 nitrogen and oxygen atoms in total. The molecule has 0 saturated heterocycles. The maximum absolute atomic E-state index is 11.4. The Morgan fingerprint density at radius 2 is 2.47 bits per heavy atom. The molecule has 0 spiro atoms. The number of carbonyl (C=O) groups excluding carboxylic acids is 1. The van der Waals surface area contributed by atoms with E-state index in [1.54, 1.807) is 6.92 Å². The first-order valence-electron chi connectivity index (χ1n) is 4.90. The van der Waals surface area contributed by atoms with Crippen LogP contribution in [0.3, 0.4) is 0 Å². The highest BCUT2D eigenvalue weighted by Crippen LogP contribution is 2.30. The number of anilines is 1. The molecule has 78 valence electrons. The van der Waals surface area contributed by atoms with Crippen LogP contribution in [0.2, 0.25) is 0 Å². The fourth-order valence-electron chi connectivity index (χ4n) is 1.52. The Morgan fingerprint density at radius 1 is 1.67 bits per heavy atom. The molecule has 1 aromatic heterocycles. The zero-order valence-corrected chi connectivity index (χ0v) is 9.23. The van der Waals surface area contributed by atoms with Crippen LogP contribution in [0.5, 0.6) is 0 Å². The van der Waals surface area contributed by atoms with E-state index in [1.807, 2.05) is 6.07 Å². The summed E-state index contributed by atoms with van der Waals surface area (Å²) in [7, 11) is 0. The third-order valence-corrected chi connectivity index (χ3v) is 3.49. The van der Waals surface area contributed by atoms with Gasteiger partial charge in [0.2, 0.25) is 5.91 Å². The van der Waals surface area contributed by atoms with E-state index in [2.05, 4.69) is 10.3 Å². The largest absolute Gasteiger partial charge is 0.301 e. The minimum atomic E-state index is -0.622. The SMILES string of the molecule is CC(C#N)C(=O)Nc1nc2c(s1)CCC2. The quantitative estimate of drug-likeness (QED) is 0.827. The summed E-state index contributed by atoms with van der Waals surface area (Å²) in [4.78, 5) is 17.0. The summed E-state index contributed by atoms with van der Waals surface area (Å²) < 4.78 is 0. The number of amides is 1. The second-order valence-corrected chi connectivity index (χ2v) is 4.67. The van der Waals surface area contributed by atoms with Crippen molar-refractivity contribution in [2.45, 2.75) is 26.2 Å². The Kier molecular flexibility index (Phi) is 2.69. The van der Waals surface area contributed by atoms with Crippen molar-refractivity contribution >= 4 is 22.4 Å². The van der Waals surface area contributed by atoms with E-state index < -0.39 is 5.92 Å². The molecule has 1 aliphatic carbocycles.